The molecule has 0 spiro atoms. The van der Waals surface area contributed by atoms with Gasteiger partial charge in [-0.1, -0.05) is 0 Å². The molecule has 0 radical (unpaired) electrons. The molecule has 1 saturated carbocycles. The Hall–Kier alpha value is -0.740. The first kappa shape index (κ1) is 10.3. The van der Waals surface area contributed by atoms with Gasteiger partial charge in [-0.3, -0.25) is 4.79 Å². The number of halogens is 3. The molecule has 1 rings (SSSR count). The average Bonchev–Trinajstić information content (AvgIpc) is 2.64. The van der Waals surface area contributed by atoms with E-state index in [0.717, 1.165) is 0 Å². The summed E-state index contributed by atoms with van der Waals surface area (Å²) in [5, 5.41) is 0. The number of hydrogen-bond acceptors (Lipinski definition) is 2. The van der Waals surface area contributed by atoms with Crippen LogP contribution in [0.1, 0.15) is 19.8 Å². The van der Waals surface area contributed by atoms with Crippen LogP contribution in [0.3, 0.4) is 0 Å². The van der Waals surface area contributed by atoms with Gasteiger partial charge < -0.3 is 4.74 Å². The van der Waals surface area contributed by atoms with Crippen molar-refractivity contribution >= 4 is 5.97 Å². The summed E-state index contributed by atoms with van der Waals surface area (Å²) >= 11 is 0. The Labute approximate surface area is 74.1 Å². The summed E-state index contributed by atoms with van der Waals surface area (Å²) in [5.41, 5.74) is 0. The molecule has 0 saturated heterocycles. The monoisotopic (exact) mass is 196 g/mol. The molecular formula is C8H11F3O2. The largest absolute Gasteiger partial charge is 0.466 e. The number of carbonyl (C=O) groups excluding carboxylic acids is 1. The van der Waals surface area contributed by atoms with E-state index in [1.807, 2.05) is 0 Å². The van der Waals surface area contributed by atoms with Gasteiger partial charge in [0.05, 0.1) is 12.5 Å². The number of hydrogen-bond donors (Lipinski definition) is 0. The molecule has 1 aliphatic carbocycles. The average molecular weight is 196 g/mol. The van der Waals surface area contributed by atoms with E-state index in [2.05, 4.69) is 4.74 Å². The number of carbonyl (C=O) groups is 1. The maximum atomic E-state index is 11.8. The van der Waals surface area contributed by atoms with Crippen molar-refractivity contribution in [1.82, 2.24) is 0 Å². The van der Waals surface area contributed by atoms with Gasteiger partial charge in [0.1, 0.15) is 0 Å². The zero-order valence-electron chi connectivity index (χ0n) is 7.23. The van der Waals surface area contributed by atoms with Crippen molar-refractivity contribution in [3.63, 3.8) is 0 Å². The van der Waals surface area contributed by atoms with Crippen LogP contribution in [0.4, 0.5) is 13.2 Å². The minimum absolute atomic E-state index is 0.230. The lowest BCUT2D eigenvalue weighted by Gasteiger charge is -2.04. The molecule has 5 heteroatoms. The van der Waals surface area contributed by atoms with E-state index < -0.39 is 30.4 Å². The van der Waals surface area contributed by atoms with Crippen LogP contribution in [0.5, 0.6) is 0 Å². The molecule has 2 atom stereocenters. The van der Waals surface area contributed by atoms with Crippen LogP contribution >= 0.6 is 0 Å². The molecule has 0 aromatic heterocycles. The highest BCUT2D eigenvalue weighted by Gasteiger charge is 2.49. The summed E-state index contributed by atoms with van der Waals surface area (Å²) < 4.78 is 40.1. The molecule has 0 aromatic carbocycles. The van der Waals surface area contributed by atoms with Crippen LogP contribution in [-0.2, 0) is 9.53 Å². The molecule has 0 aliphatic heterocycles. The fourth-order valence-corrected chi connectivity index (χ4v) is 1.31. The first-order valence-electron chi connectivity index (χ1n) is 4.17. The van der Waals surface area contributed by atoms with E-state index in [-0.39, 0.29) is 6.61 Å². The van der Waals surface area contributed by atoms with Gasteiger partial charge in [0.25, 0.3) is 0 Å². The summed E-state index contributed by atoms with van der Waals surface area (Å²) in [6, 6.07) is 0. The molecule has 76 valence electrons. The van der Waals surface area contributed by atoms with Crippen molar-refractivity contribution < 1.29 is 22.7 Å². The third kappa shape index (κ3) is 3.24. The maximum Gasteiger partial charge on any atom is 0.389 e. The lowest BCUT2D eigenvalue weighted by atomic mass is 10.2. The zero-order chi connectivity index (χ0) is 10.1. The van der Waals surface area contributed by atoms with Crippen molar-refractivity contribution in [1.29, 1.82) is 0 Å². The predicted molar refractivity (Wildman–Crippen MR) is 38.9 cm³/mol. The number of rotatable bonds is 3. The summed E-state index contributed by atoms with van der Waals surface area (Å²) in [4.78, 5) is 10.9. The van der Waals surface area contributed by atoms with Gasteiger partial charge in [0, 0.05) is 6.42 Å². The molecule has 0 N–H and O–H groups in total. The Bertz CT molecular complexity index is 200. The van der Waals surface area contributed by atoms with Gasteiger partial charge in [0.2, 0.25) is 0 Å². The Kier molecular flexibility index (Phi) is 2.83. The Morgan fingerprint density at radius 3 is 2.62 bits per heavy atom. The molecule has 13 heavy (non-hydrogen) atoms. The third-order valence-electron chi connectivity index (χ3n) is 2.01. The lowest BCUT2D eigenvalue weighted by molar-refractivity contribution is -0.148. The van der Waals surface area contributed by atoms with Crippen molar-refractivity contribution in [2.75, 3.05) is 6.61 Å². The van der Waals surface area contributed by atoms with Crippen LogP contribution in [-0.4, -0.2) is 18.8 Å². The second-order valence-electron chi connectivity index (χ2n) is 3.17. The topological polar surface area (TPSA) is 26.3 Å². The zero-order valence-corrected chi connectivity index (χ0v) is 7.23. The van der Waals surface area contributed by atoms with E-state index in [4.69, 9.17) is 0 Å². The fourth-order valence-electron chi connectivity index (χ4n) is 1.31. The van der Waals surface area contributed by atoms with Gasteiger partial charge in [-0.05, 0) is 19.3 Å². The summed E-state index contributed by atoms with van der Waals surface area (Å²) in [6.45, 7) is 1.87. The standard InChI is InChI=1S/C8H11F3O2/c1-2-13-7(12)6-3-5(6)4-8(9,10)11/h5-6H,2-4H2,1H3/t5-,6+/m1/s1. The van der Waals surface area contributed by atoms with E-state index >= 15 is 0 Å². The first-order chi connectivity index (χ1) is 5.94. The van der Waals surface area contributed by atoms with Crippen molar-refractivity contribution in [2.45, 2.75) is 25.9 Å². The Morgan fingerprint density at radius 2 is 2.15 bits per heavy atom. The number of ether oxygens (including phenoxy) is 1. The summed E-state index contributed by atoms with van der Waals surface area (Å²) in [6.07, 6.45) is -4.71. The second-order valence-corrected chi connectivity index (χ2v) is 3.17. The van der Waals surface area contributed by atoms with Crippen molar-refractivity contribution in [3.05, 3.63) is 0 Å². The van der Waals surface area contributed by atoms with Gasteiger partial charge in [-0.25, -0.2) is 0 Å². The van der Waals surface area contributed by atoms with Crippen LogP contribution in [0, 0.1) is 11.8 Å². The van der Waals surface area contributed by atoms with E-state index in [9.17, 15) is 18.0 Å². The highest BCUT2D eigenvalue weighted by atomic mass is 19.4. The van der Waals surface area contributed by atoms with Crippen molar-refractivity contribution in [2.24, 2.45) is 11.8 Å². The molecule has 1 fully saturated rings. The van der Waals surface area contributed by atoms with Crippen LogP contribution in [0.25, 0.3) is 0 Å². The predicted octanol–water partition coefficient (Wildman–Crippen LogP) is 2.14. The minimum atomic E-state index is -4.16. The lowest BCUT2D eigenvalue weighted by Crippen LogP contribution is -2.12. The van der Waals surface area contributed by atoms with Gasteiger partial charge >= 0.3 is 12.1 Å². The Balaban J connectivity index is 2.26. The number of esters is 1. The molecule has 0 unspecified atom stereocenters. The molecule has 0 amide bonds. The van der Waals surface area contributed by atoms with Crippen LogP contribution < -0.4 is 0 Å². The minimum Gasteiger partial charge on any atom is -0.466 e. The fraction of sp³-hybridized carbons (Fsp3) is 0.875. The van der Waals surface area contributed by atoms with Gasteiger partial charge in [-0.15, -0.1) is 0 Å². The molecule has 0 bridgehead atoms. The normalized spacial score (nSPS) is 27.1. The molecule has 1 aliphatic rings. The van der Waals surface area contributed by atoms with Crippen molar-refractivity contribution in [3.8, 4) is 0 Å². The highest BCUT2D eigenvalue weighted by Crippen LogP contribution is 2.46. The van der Waals surface area contributed by atoms with Crippen LogP contribution in [0.2, 0.25) is 0 Å². The summed E-state index contributed by atoms with van der Waals surface area (Å²) in [7, 11) is 0. The quantitative estimate of drug-likeness (QED) is 0.646. The smallest absolute Gasteiger partial charge is 0.389 e. The molecule has 0 aromatic rings. The number of alkyl halides is 3. The van der Waals surface area contributed by atoms with Gasteiger partial charge in [0.15, 0.2) is 0 Å². The molecular weight excluding hydrogens is 185 g/mol. The maximum absolute atomic E-state index is 11.8. The Morgan fingerprint density at radius 1 is 1.54 bits per heavy atom. The highest BCUT2D eigenvalue weighted by molar-refractivity contribution is 5.75. The summed E-state index contributed by atoms with van der Waals surface area (Å²) in [5.74, 6) is -1.54. The SMILES string of the molecule is CCOC(=O)[C@H]1C[C@@H]1CC(F)(F)F. The molecule has 0 heterocycles. The first-order valence-corrected chi connectivity index (χ1v) is 4.17. The van der Waals surface area contributed by atoms with E-state index in [1.165, 1.54) is 0 Å². The second kappa shape index (κ2) is 3.55. The van der Waals surface area contributed by atoms with Crippen LogP contribution in [0.15, 0.2) is 0 Å². The molecule has 2 nitrogen and oxygen atoms in total. The third-order valence-corrected chi connectivity index (χ3v) is 2.01. The van der Waals surface area contributed by atoms with E-state index in [0.29, 0.717) is 6.42 Å². The van der Waals surface area contributed by atoms with Gasteiger partial charge in [-0.2, -0.15) is 13.2 Å². The van der Waals surface area contributed by atoms with E-state index in [1.54, 1.807) is 6.92 Å².